The Morgan fingerprint density at radius 1 is 1.16 bits per heavy atom. The van der Waals surface area contributed by atoms with Crippen LogP contribution in [-0.4, -0.2) is 9.90 Å². The number of hydrogen-bond acceptors (Lipinski definition) is 1. The Balaban J connectivity index is 2.50. The molecule has 0 saturated carbocycles. The molecule has 0 bridgehead atoms. The molecule has 102 valence electrons. The van der Waals surface area contributed by atoms with Crippen LogP contribution < -0.4 is 5.56 Å². The largest absolute Gasteiger partial charge is 0.308 e. The third-order valence-electron chi connectivity index (χ3n) is 3.71. The molecule has 1 aromatic carbocycles. The average molecular weight is 322 g/mol. The highest BCUT2D eigenvalue weighted by Crippen LogP contribution is 2.29. The zero-order valence-corrected chi connectivity index (χ0v) is 13.3. The molecular formula is C16H20BrNO. The second-order valence-electron chi connectivity index (χ2n) is 6.06. The summed E-state index contributed by atoms with van der Waals surface area (Å²) in [5.74, 6) is 0.413. The predicted octanol–water partition coefficient (Wildman–Crippen LogP) is 4.06. The molecule has 1 unspecified atom stereocenters. The van der Waals surface area contributed by atoms with Crippen molar-refractivity contribution in [2.75, 3.05) is 5.33 Å². The maximum atomic E-state index is 12.2. The molecule has 0 amide bonds. The van der Waals surface area contributed by atoms with E-state index >= 15 is 0 Å². The van der Waals surface area contributed by atoms with Crippen LogP contribution in [0.1, 0.15) is 20.8 Å². The smallest absolute Gasteiger partial charge is 0.251 e. The van der Waals surface area contributed by atoms with Gasteiger partial charge in [0.1, 0.15) is 0 Å². The Labute approximate surface area is 122 Å². The lowest BCUT2D eigenvalue weighted by atomic mass is 9.82. The van der Waals surface area contributed by atoms with Crippen LogP contribution in [0.3, 0.4) is 0 Å². The zero-order valence-electron chi connectivity index (χ0n) is 11.7. The van der Waals surface area contributed by atoms with E-state index < -0.39 is 0 Å². The van der Waals surface area contributed by atoms with E-state index in [-0.39, 0.29) is 11.0 Å². The molecule has 19 heavy (non-hydrogen) atoms. The molecule has 2 rings (SSSR count). The van der Waals surface area contributed by atoms with Crippen molar-refractivity contribution in [3.63, 3.8) is 0 Å². The molecule has 2 aromatic rings. The van der Waals surface area contributed by atoms with Crippen LogP contribution in [-0.2, 0) is 6.54 Å². The molecule has 0 aliphatic heterocycles. The molecule has 0 radical (unpaired) electrons. The lowest BCUT2D eigenvalue weighted by Crippen LogP contribution is -2.31. The summed E-state index contributed by atoms with van der Waals surface area (Å²) in [6.45, 7) is 7.40. The Morgan fingerprint density at radius 3 is 2.47 bits per heavy atom. The van der Waals surface area contributed by atoms with Gasteiger partial charge in [0.15, 0.2) is 0 Å². The Hall–Kier alpha value is -1.09. The topological polar surface area (TPSA) is 22.0 Å². The summed E-state index contributed by atoms with van der Waals surface area (Å²) in [6, 6.07) is 11.6. The van der Waals surface area contributed by atoms with Crippen LogP contribution in [0, 0.1) is 11.3 Å². The van der Waals surface area contributed by atoms with Crippen molar-refractivity contribution < 1.29 is 0 Å². The number of hydrogen-bond donors (Lipinski definition) is 0. The normalized spacial score (nSPS) is 13.7. The van der Waals surface area contributed by atoms with Crippen molar-refractivity contribution in [2.24, 2.45) is 11.3 Å². The fourth-order valence-electron chi connectivity index (χ4n) is 2.21. The Kier molecular flexibility index (Phi) is 4.14. The molecule has 0 fully saturated rings. The van der Waals surface area contributed by atoms with Gasteiger partial charge in [0.05, 0.1) is 5.52 Å². The van der Waals surface area contributed by atoms with E-state index in [1.807, 2.05) is 34.9 Å². The number of nitrogens with zero attached hydrogens (tertiary/aromatic N) is 1. The molecule has 0 spiro atoms. The van der Waals surface area contributed by atoms with Crippen LogP contribution >= 0.6 is 15.9 Å². The standard InChI is InChI=1S/C16H20BrNO/c1-16(2,3)13(10-17)11-18-14-7-5-4-6-12(14)8-9-15(18)19/h4-9,13H,10-11H2,1-3H3. The summed E-state index contributed by atoms with van der Waals surface area (Å²) in [5, 5.41) is 2.01. The van der Waals surface area contributed by atoms with E-state index in [1.165, 1.54) is 0 Å². The van der Waals surface area contributed by atoms with Crippen molar-refractivity contribution in [1.82, 2.24) is 4.57 Å². The average Bonchev–Trinajstić information content (AvgIpc) is 2.36. The number of rotatable bonds is 3. The van der Waals surface area contributed by atoms with E-state index in [4.69, 9.17) is 0 Å². The maximum Gasteiger partial charge on any atom is 0.251 e. The van der Waals surface area contributed by atoms with Gasteiger partial charge >= 0.3 is 0 Å². The second kappa shape index (κ2) is 5.49. The summed E-state index contributed by atoms with van der Waals surface area (Å²) in [7, 11) is 0. The van der Waals surface area contributed by atoms with Gasteiger partial charge in [0, 0.05) is 17.9 Å². The minimum absolute atomic E-state index is 0.0777. The van der Waals surface area contributed by atoms with E-state index in [0.29, 0.717) is 5.92 Å². The minimum atomic E-state index is 0.0777. The highest BCUT2D eigenvalue weighted by atomic mass is 79.9. The summed E-state index contributed by atoms with van der Waals surface area (Å²) in [6.07, 6.45) is 0. The highest BCUT2D eigenvalue weighted by Gasteiger charge is 2.24. The second-order valence-corrected chi connectivity index (χ2v) is 6.71. The maximum absolute atomic E-state index is 12.2. The third kappa shape index (κ3) is 3.08. The Bertz CT molecular complexity index is 624. The van der Waals surface area contributed by atoms with Gasteiger partial charge in [-0.2, -0.15) is 0 Å². The fraction of sp³-hybridized carbons (Fsp3) is 0.438. The van der Waals surface area contributed by atoms with Gasteiger partial charge in [-0.15, -0.1) is 0 Å². The molecule has 1 heterocycles. The Morgan fingerprint density at radius 2 is 1.84 bits per heavy atom. The van der Waals surface area contributed by atoms with Gasteiger partial charge in [-0.05, 0) is 28.9 Å². The van der Waals surface area contributed by atoms with Crippen LogP contribution in [0.15, 0.2) is 41.2 Å². The molecular weight excluding hydrogens is 302 g/mol. The number of aromatic nitrogens is 1. The lowest BCUT2D eigenvalue weighted by Gasteiger charge is -2.30. The quantitative estimate of drug-likeness (QED) is 0.781. The van der Waals surface area contributed by atoms with Crippen molar-refractivity contribution in [3.05, 3.63) is 46.8 Å². The third-order valence-corrected chi connectivity index (χ3v) is 4.49. The van der Waals surface area contributed by atoms with Gasteiger partial charge in [0.25, 0.3) is 5.56 Å². The summed E-state index contributed by atoms with van der Waals surface area (Å²) >= 11 is 3.58. The van der Waals surface area contributed by atoms with Crippen LogP contribution in [0.25, 0.3) is 10.9 Å². The number of benzene rings is 1. The summed E-state index contributed by atoms with van der Waals surface area (Å²) < 4.78 is 1.90. The molecule has 1 atom stereocenters. The number of pyridine rings is 1. The first-order valence-electron chi connectivity index (χ1n) is 6.58. The number of alkyl halides is 1. The van der Waals surface area contributed by atoms with Gasteiger partial charge in [0.2, 0.25) is 0 Å². The molecule has 0 aliphatic rings. The molecule has 2 nitrogen and oxygen atoms in total. The monoisotopic (exact) mass is 321 g/mol. The van der Waals surface area contributed by atoms with Crippen molar-refractivity contribution in [2.45, 2.75) is 27.3 Å². The van der Waals surface area contributed by atoms with E-state index in [2.05, 4.69) is 36.7 Å². The van der Waals surface area contributed by atoms with Gasteiger partial charge < -0.3 is 4.57 Å². The van der Waals surface area contributed by atoms with Gasteiger partial charge in [-0.25, -0.2) is 0 Å². The molecule has 1 aromatic heterocycles. The van der Waals surface area contributed by atoms with E-state index in [1.54, 1.807) is 6.07 Å². The first kappa shape index (κ1) is 14.3. The molecule has 0 N–H and O–H groups in total. The molecule has 0 aliphatic carbocycles. The van der Waals surface area contributed by atoms with Crippen LogP contribution in [0.2, 0.25) is 0 Å². The van der Waals surface area contributed by atoms with Gasteiger partial charge in [-0.1, -0.05) is 54.9 Å². The van der Waals surface area contributed by atoms with Crippen molar-refractivity contribution >= 4 is 26.8 Å². The number of fused-ring (bicyclic) bond motifs is 1. The number of halogens is 1. The van der Waals surface area contributed by atoms with Crippen LogP contribution in [0.5, 0.6) is 0 Å². The minimum Gasteiger partial charge on any atom is -0.308 e. The van der Waals surface area contributed by atoms with E-state index in [0.717, 1.165) is 22.8 Å². The first-order valence-corrected chi connectivity index (χ1v) is 7.70. The lowest BCUT2D eigenvalue weighted by molar-refractivity contribution is 0.239. The van der Waals surface area contributed by atoms with Crippen LogP contribution in [0.4, 0.5) is 0 Å². The zero-order chi connectivity index (χ0) is 14.0. The SMILES string of the molecule is CC(C)(C)C(CBr)Cn1c(=O)ccc2ccccc21. The number of para-hydroxylation sites is 1. The van der Waals surface area contributed by atoms with Crippen molar-refractivity contribution in [3.8, 4) is 0 Å². The fourth-order valence-corrected chi connectivity index (χ4v) is 3.38. The summed E-state index contributed by atoms with van der Waals surface area (Å²) in [4.78, 5) is 12.2. The van der Waals surface area contributed by atoms with E-state index in [9.17, 15) is 4.79 Å². The first-order chi connectivity index (χ1) is 8.93. The van der Waals surface area contributed by atoms with Gasteiger partial charge in [-0.3, -0.25) is 4.79 Å². The van der Waals surface area contributed by atoms with Crippen molar-refractivity contribution in [1.29, 1.82) is 0 Å². The summed E-state index contributed by atoms with van der Waals surface area (Å²) in [5.41, 5.74) is 1.26. The predicted molar refractivity (Wildman–Crippen MR) is 84.9 cm³/mol. The molecule has 3 heteroatoms. The molecule has 0 saturated heterocycles. The highest BCUT2D eigenvalue weighted by molar-refractivity contribution is 9.09.